The minimum atomic E-state index is -3.46. The van der Waals surface area contributed by atoms with Crippen molar-refractivity contribution in [3.63, 3.8) is 0 Å². The molecule has 0 aliphatic carbocycles. The second-order valence-electron chi connectivity index (χ2n) is 9.07. The number of rotatable bonds is 3. The highest BCUT2D eigenvalue weighted by Crippen LogP contribution is 2.41. The maximum atomic E-state index is 13.9. The van der Waals surface area contributed by atoms with Gasteiger partial charge in [-0.1, -0.05) is 18.2 Å². The van der Waals surface area contributed by atoms with E-state index in [-0.39, 0.29) is 24.4 Å². The van der Waals surface area contributed by atoms with Crippen LogP contribution in [0.3, 0.4) is 0 Å². The fourth-order valence-electron chi connectivity index (χ4n) is 5.40. The summed E-state index contributed by atoms with van der Waals surface area (Å²) in [6, 6.07) is 10.6. The zero-order chi connectivity index (χ0) is 23.5. The maximum absolute atomic E-state index is 13.9. The zero-order valence-corrected chi connectivity index (χ0v) is 19.3. The molecule has 3 amide bonds. The Balaban J connectivity index is 1.61. The number of nitrogens with zero attached hydrogens (tertiary/aromatic N) is 2. The first kappa shape index (κ1) is 21.6. The highest BCUT2D eigenvalue weighted by Gasteiger charge is 2.48. The van der Waals surface area contributed by atoms with Gasteiger partial charge in [0.1, 0.15) is 6.04 Å². The average molecular weight is 468 g/mol. The molecule has 0 saturated carbocycles. The van der Waals surface area contributed by atoms with Gasteiger partial charge < -0.3 is 4.90 Å². The van der Waals surface area contributed by atoms with Gasteiger partial charge in [-0.05, 0) is 61.6 Å². The van der Waals surface area contributed by atoms with Crippen molar-refractivity contribution in [3.8, 4) is 0 Å². The summed E-state index contributed by atoms with van der Waals surface area (Å²) >= 11 is 0. The van der Waals surface area contributed by atoms with Crippen molar-refractivity contribution in [1.29, 1.82) is 0 Å². The third-order valence-electron chi connectivity index (χ3n) is 6.81. The van der Waals surface area contributed by atoms with Crippen molar-refractivity contribution < 1.29 is 22.8 Å². The molecule has 2 aromatic rings. The van der Waals surface area contributed by atoms with Crippen LogP contribution in [0.2, 0.25) is 0 Å². The summed E-state index contributed by atoms with van der Waals surface area (Å²) in [6.45, 7) is 1.98. The smallest absolute Gasteiger partial charge is 0.262 e. The van der Waals surface area contributed by atoms with E-state index < -0.39 is 27.9 Å². The van der Waals surface area contributed by atoms with Gasteiger partial charge in [0.05, 0.1) is 23.4 Å². The van der Waals surface area contributed by atoms with Crippen molar-refractivity contribution in [1.82, 2.24) is 9.80 Å². The minimum Gasteiger partial charge on any atom is -0.331 e. The fourth-order valence-corrected chi connectivity index (χ4v) is 5.95. The topological polar surface area (TPSA) is 104 Å². The lowest BCUT2D eigenvalue weighted by Crippen LogP contribution is -2.54. The summed E-state index contributed by atoms with van der Waals surface area (Å²) in [5, 5.41) is 0. The number of carbonyl (C=O) groups is 3. The zero-order valence-electron chi connectivity index (χ0n) is 18.4. The molecule has 3 heterocycles. The van der Waals surface area contributed by atoms with Gasteiger partial charge in [0, 0.05) is 18.2 Å². The molecule has 172 valence electrons. The van der Waals surface area contributed by atoms with E-state index in [2.05, 4.69) is 4.72 Å². The van der Waals surface area contributed by atoms with Gasteiger partial charge in [0.15, 0.2) is 0 Å². The van der Waals surface area contributed by atoms with Gasteiger partial charge in [-0.25, -0.2) is 8.42 Å². The highest BCUT2D eigenvalue weighted by molar-refractivity contribution is 7.92. The summed E-state index contributed by atoms with van der Waals surface area (Å²) in [5.41, 5.74) is 2.76. The largest absolute Gasteiger partial charge is 0.331 e. The molecule has 33 heavy (non-hydrogen) atoms. The number of nitrogens with one attached hydrogen (secondary N) is 1. The molecule has 0 aromatic heterocycles. The molecule has 0 unspecified atom stereocenters. The van der Waals surface area contributed by atoms with Gasteiger partial charge in [0.2, 0.25) is 15.9 Å². The van der Waals surface area contributed by atoms with Gasteiger partial charge in [-0.2, -0.15) is 0 Å². The highest BCUT2D eigenvalue weighted by atomic mass is 32.2. The average Bonchev–Trinajstić information content (AvgIpc) is 2.94. The Kier molecular flexibility index (Phi) is 5.04. The molecule has 1 N–H and O–H groups in total. The van der Waals surface area contributed by atoms with Crippen molar-refractivity contribution >= 4 is 33.4 Å². The Morgan fingerprint density at radius 1 is 0.939 bits per heavy atom. The number of benzene rings is 2. The van der Waals surface area contributed by atoms with E-state index in [0.29, 0.717) is 16.8 Å². The summed E-state index contributed by atoms with van der Waals surface area (Å²) in [5.74, 6) is -1.14. The van der Waals surface area contributed by atoms with Crippen LogP contribution in [-0.4, -0.2) is 54.3 Å². The molecule has 1 saturated heterocycles. The van der Waals surface area contributed by atoms with E-state index in [1.54, 1.807) is 47.4 Å². The molecule has 3 atom stereocenters. The summed E-state index contributed by atoms with van der Waals surface area (Å²) < 4.78 is 26.1. The number of sulfonamides is 1. The Morgan fingerprint density at radius 3 is 2.24 bits per heavy atom. The Morgan fingerprint density at radius 2 is 1.61 bits per heavy atom. The van der Waals surface area contributed by atoms with E-state index in [4.69, 9.17) is 0 Å². The van der Waals surface area contributed by atoms with Gasteiger partial charge in [0.25, 0.3) is 11.8 Å². The molecule has 0 bridgehead atoms. The minimum absolute atomic E-state index is 0.0635. The van der Waals surface area contributed by atoms with E-state index in [9.17, 15) is 22.8 Å². The van der Waals surface area contributed by atoms with Crippen LogP contribution in [0.1, 0.15) is 64.1 Å². The second kappa shape index (κ2) is 7.69. The Hall–Kier alpha value is -3.20. The van der Waals surface area contributed by atoms with Gasteiger partial charge >= 0.3 is 0 Å². The molecule has 0 radical (unpaired) electrons. The van der Waals surface area contributed by atoms with Crippen LogP contribution < -0.4 is 4.72 Å². The summed E-state index contributed by atoms with van der Waals surface area (Å²) in [4.78, 5) is 43.2. The third-order valence-corrected chi connectivity index (χ3v) is 7.41. The van der Waals surface area contributed by atoms with Crippen molar-refractivity contribution in [2.24, 2.45) is 0 Å². The van der Waals surface area contributed by atoms with E-state index in [1.165, 1.54) is 0 Å². The van der Waals surface area contributed by atoms with Crippen molar-refractivity contribution in [2.45, 2.75) is 50.7 Å². The number of hydrogen-bond donors (Lipinski definition) is 1. The standard InChI is InChI=1S/C24H25N3O5S/c1-14-6-5-9-20-19-13-16(25-33(2,31)32)11-10-15(19)12-21(24(30)26(14)20)27-22(28)17-7-3-4-8-18(17)23(27)29/h3-4,7-8,10-11,13-14,20-21,25H,5-6,9,12H2,1-2H3/t14-,20-,21+/m1/s1. The molecule has 5 rings (SSSR count). The lowest BCUT2D eigenvalue weighted by molar-refractivity contribution is -0.141. The molecule has 3 aliphatic rings. The molecule has 2 aromatic carbocycles. The monoisotopic (exact) mass is 467 g/mol. The first-order valence-corrected chi connectivity index (χ1v) is 12.9. The van der Waals surface area contributed by atoms with Crippen LogP contribution in [0.25, 0.3) is 0 Å². The fraction of sp³-hybridized carbons (Fsp3) is 0.375. The number of amides is 3. The molecule has 9 heteroatoms. The van der Waals surface area contributed by atoms with E-state index in [1.807, 2.05) is 6.92 Å². The van der Waals surface area contributed by atoms with Crippen LogP contribution in [0.15, 0.2) is 42.5 Å². The van der Waals surface area contributed by atoms with Gasteiger partial charge in [-0.15, -0.1) is 0 Å². The molecule has 0 spiro atoms. The lowest BCUT2D eigenvalue weighted by atomic mass is 9.89. The third kappa shape index (κ3) is 3.60. The Bertz CT molecular complexity index is 1250. The van der Waals surface area contributed by atoms with Crippen LogP contribution in [0, 0.1) is 0 Å². The van der Waals surface area contributed by atoms with Crippen LogP contribution >= 0.6 is 0 Å². The van der Waals surface area contributed by atoms with Gasteiger partial charge in [-0.3, -0.25) is 24.0 Å². The maximum Gasteiger partial charge on any atom is 0.262 e. The predicted molar refractivity (Wildman–Crippen MR) is 122 cm³/mol. The quantitative estimate of drug-likeness (QED) is 0.699. The molecular weight excluding hydrogens is 442 g/mol. The van der Waals surface area contributed by atoms with Crippen LogP contribution in [0.5, 0.6) is 0 Å². The Labute approximate surface area is 192 Å². The number of anilines is 1. The van der Waals surface area contributed by atoms with E-state index >= 15 is 0 Å². The molecule has 8 nitrogen and oxygen atoms in total. The van der Waals surface area contributed by atoms with Crippen molar-refractivity contribution in [3.05, 3.63) is 64.7 Å². The summed E-state index contributed by atoms with van der Waals surface area (Å²) in [6.07, 6.45) is 3.78. The number of hydrogen-bond acceptors (Lipinski definition) is 5. The first-order chi connectivity index (χ1) is 15.7. The second-order valence-corrected chi connectivity index (χ2v) is 10.8. The number of imide groups is 1. The molecular formula is C24H25N3O5S. The normalized spacial score (nSPS) is 24.8. The number of fused-ring (bicyclic) bond motifs is 4. The number of piperidine rings is 1. The van der Waals surface area contributed by atoms with E-state index in [0.717, 1.165) is 41.5 Å². The van der Waals surface area contributed by atoms with Crippen molar-refractivity contribution in [2.75, 3.05) is 11.0 Å². The summed E-state index contributed by atoms with van der Waals surface area (Å²) in [7, 11) is -3.46. The van der Waals surface area contributed by atoms with Crippen LogP contribution in [-0.2, 0) is 21.2 Å². The lowest BCUT2D eigenvalue weighted by Gasteiger charge is -2.42. The number of carbonyl (C=O) groups excluding carboxylic acids is 3. The first-order valence-electron chi connectivity index (χ1n) is 11.1. The predicted octanol–water partition coefficient (Wildman–Crippen LogP) is 2.72. The molecule has 3 aliphatic heterocycles. The SMILES string of the molecule is C[C@@H]1CCC[C@@H]2c3cc(NS(C)(=O)=O)ccc3C[C@H](N3C(=O)c4ccccc4C3=O)C(=O)N12. The van der Waals surface area contributed by atoms with Crippen LogP contribution in [0.4, 0.5) is 5.69 Å². The molecule has 1 fully saturated rings.